The molecule has 0 unspecified atom stereocenters. The van der Waals surface area contributed by atoms with Gasteiger partial charge in [0.05, 0.1) is 0 Å². The van der Waals surface area contributed by atoms with Gasteiger partial charge in [-0.15, -0.1) is 0 Å². The van der Waals surface area contributed by atoms with E-state index in [-0.39, 0.29) is 28.1 Å². The minimum atomic E-state index is -0.773. The molecule has 0 bridgehead atoms. The maximum atomic E-state index is 9.56. The van der Waals surface area contributed by atoms with Gasteiger partial charge in [0.1, 0.15) is 0 Å². The van der Waals surface area contributed by atoms with E-state index in [1.807, 2.05) is 0 Å². The van der Waals surface area contributed by atoms with E-state index in [0.29, 0.717) is 6.42 Å². The summed E-state index contributed by atoms with van der Waals surface area (Å²) in [7, 11) is 2.25. The predicted octanol–water partition coefficient (Wildman–Crippen LogP) is -2.39. The van der Waals surface area contributed by atoms with Crippen molar-refractivity contribution in [3.05, 3.63) is 6.92 Å². The molecule has 0 radical (unpaired) electrons. The van der Waals surface area contributed by atoms with Gasteiger partial charge in [0.2, 0.25) is 0 Å². The zero-order valence-corrected chi connectivity index (χ0v) is 9.76. The van der Waals surface area contributed by atoms with Crippen molar-refractivity contribution in [2.75, 3.05) is 21.3 Å². The van der Waals surface area contributed by atoms with Crippen molar-refractivity contribution in [3.63, 3.8) is 0 Å². The van der Waals surface area contributed by atoms with Gasteiger partial charge in [0.15, 0.2) is 0 Å². The Morgan fingerprint density at radius 2 is 1.38 bits per heavy atom. The first-order chi connectivity index (χ1) is 5.77. The standard InChI is InChI=1S/C4H7O2.3CH3O.Ti/c1-2-3-4(5)6;3*1-2;/h1-3H2,(H,5,6);3*1H3;/q4*-1;+4. The van der Waals surface area contributed by atoms with Gasteiger partial charge >= 0.3 is 27.7 Å². The topological polar surface area (TPSA) is 106 Å². The molecular weight excluding hydrogens is 212 g/mol. The molecule has 0 spiro atoms. The summed E-state index contributed by atoms with van der Waals surface area (Å²) in [6.07, 6.45) is 0.662. The summed E-state index contributed by atoms with van der Waals surface area (Å²) in [5.41, 5.74) is 0. The van der Waals surface area contributed by atoms with E-state index in [0.717, 1.165) is 21.3 Å². The molecule has 0 fully saturated rings. The Morgan fingerprint density at radius 1 is 1.15 bits per heavy atom. The molecule has 1 N–H and O–H groups in total. The van der Waals surface area contributed by atoms with Crippen LogP contribution in [0.4, 0.5) is 0 Å². The Morgan fingerprint density at radius 3 is 1.38 bits per heavy atom. The van der Waals surface area contributed by atoms with Crippen LogP contribution < -0.4 is 15.3 Å². The molecule has 0 atom stereocenters. The van der Waals surface area contributed by atoms with Crippen LogP contribution >= 0.6 is 0 Å². The predicted molar refractivity (Wildman–Crippen MR) is 40.0 cm³/mol. The van der Waals surface area contributed by atoms with E-state index in [1.165, 1.54) is 0 Å². The zero-order valence-electron chi connectivity index (χ0n) is 8.20. The van der Waals surface area contributed by atoms with E-state index < -0.39 is 5.97 Å². The molecule has 0 aliphatic carbocycles. The van der Waals surface area contributed by atoms with Crippen LogP contribution in [0.5, 0.6) is 0 Å². The summed E-state index contributed by atoms with van der Waals surface area (Å²) >= 11 is 0. The average molecular weight is 228 g/mol. The first-order valence-electron chi connectivity index (χ1n) is 3.01. The fourth-order valence-corrected chi connectivity index (χ4v) is 0.151. The molecular formula is C7H16O5Ti. The van der Waals surface area contributed by atoms with Gasteiger partial charge in [-0.1, -0.05) is 0 Å². The maximum Gasteiger partial charge on any atom is 4.00 e. The SMILES string of the molecule is C[O-].C[O-].C[O-].[CH2-]CCC(=O)O.[Ti+4]. The number of aliphatic carboxylic acids is 1. The Bertz CT molecular complexity index is 60.8. The molecule has 0 saturated carbocycles. The van der Waals surface area contributed by atoms with Crippen LogP contribution in [0, 0.1) is 6.92 Å². The molecule has 0 aromatic heterocycles. The van der Waals surface area contributed by atoms with Crippen LogP contribution in [0.1, 0.15) is 12.8 Å². The Labute approximate surface area is 94.3 Å². The fraction of sp³-hybridized carbons (Fsp3) is 0.714. The van der Waals surface area contributed by atoms with E-state index in [1.54, 1.807) is 0 Å². The Hall–Kier alpha value is 0.0643. The molecule has 0 rings (SSSR count). The van der Waals surface area contributed by atoms with Crippen molar-refractivity contribution in [1.82, 2.24) is 0 Å². The summed E-state index contributed by atoms with van der Waals surface area (Å²) in [6.45, 7) is 3.34. The van der Waals surface area contributed by atoms with Gasteiger partial charge in [-0.05, 0) is 0 Å². The molecule has 0 aliphatic heterocycles. The van der Waals surface area contributed by atoms with Crippen molar-refractivity contribution in [1.29, 1.82) is 0 Å². The van der Waals surface area contributed by atoms with Crippen LogP contribution in [-0.4, -0.2) is 32.4 Å². The quantitative estimate of drug-likeness (QED) is 0.419. The van der Waals surface area contributed by atoms with Crippen LogP contribution in [0.15, 0.2) is 0 Å². The average Bonchev–Trinajstić information content (AvgIpc) is 2.14. The first-order valence-corrected chi connectivity index (χ1v) is 3.01. The van der Waals surface area contributed by atoms with Gasteiger partial charge in [-0.25, -0.2) is 0 Å². The molecule has 78 valence electrons. The number of hydrogen-bond acceptors (Lipinski definition) is 4. The zero-order chi connectivity index (χ0) is 11.0. The summed E-state index contributed by atoms with van der Waals surface area (Å²) in [5, 5.41) is 32.6. The summed E-state index contributed by atoms with van der Waals surface area (Å²) in [4.78, 5) is 9.56. The third-order valence-corrected chi connectivity index (χ3v) is 0.391. The third-order valence-electron chi connectivity index (χ3n) is 0.391. The molecule has 0 aromatic carbocycles. The maximum absolute atomic E-state index is 9.56. The van der Waals surface area contributed by atoms with Crippen molar-refractivity contribution < 1.29 is 46.9 Å². The van der Waals surface area contributed by atoms with Crippen molar-refractivity contribution in [3.8, 4) is 0 Å². The number of rotatable bonds is 2. The smallest absolute Gasteiger partial charge is 0.857 e. The second kappa shape index (κ2) is 57.6. The third kappa shape index (κ3) is 130. The van der Waals surface area contributed by atoms with E-state index in [9.17, 15) is 4.79 Å². The molecule has 6 heteroatoms. The molecule has 0 saturated heterocycles. The Balaban J connectivity index is -0.0000000263. The molecule has 0 heterocycles. The van der Waals surface area contributed by atoms with Gasteiger partial charge in [-0.2, -0.15) is 27.8 Å². The minimum absolute atomic E-state index is 0. The van der Waals surface area contributed by atoms with Gasteiger partial charge < -0.3 is 27.3 Å². The fourth-order valence-electron chi connectivity index (χ4n) is 0.151. The van der Waals surface area contributed by atoms with Crippen LogP contribution in [0.25, 0.3) is 0 Å². The normalized spacial score (nSPS) is 5.15. The number of carboxylic acid groups (broad SMARTS) is 1. The summed E-state index contributed by atoms with van der Waals surface area (Å²) in [6, 6.07) is 0. The van der Waals surface area contributed by atoms with Crippen LogP contribution in [0.3, 0.4) is 0 Å². The second-order valence-corrected chi connectivity index (χ2v) is 0.997. The summed E-state index contributed by atoms with van der Waals surface area (Å²) < 4.78 is 0. The molecule has 13 heavy (non-hydrogen) atoms. The van der Waals surface area contributed by atoms with Gasteiger partial charge in [0.25, 0.3) is 0 Å². The Kier molecular flexibility index (Phi) is 130. The largest absolute Gasteiger partial charge is 4.00 e. The van der Waals surface area contributed by atoms with Crippen LogP contribution in [0.2, 0.25) is 0 Å². The number of carboxylic acids is 1. The summed E-state index contributed by atoms with van der Waals surface area (Å²) in [5.74, 6) is -0.773. The minimum Gasteiger partial charge on any atom is -0.857 e. The molecule has 5 nitrogen and oxygen atoms in total. The van der Waals surface area contributed by atoms with E-state index in [4.69, 9.17) is 20.4 Å². The van der Waals surface area contributed by atoms with Gasteiger partial charge in [0, 0.05) is 6.42 Å². The van der Waals surface area contributed by atoms with Gasteiger partial charge in [-0.3, -0.25) is 4.79 Å². The molecule has 0 aliphatic rings. The van der Waals surface area contributed by atoms with Crippen molar-refractivity contribution in [2.24, 2.45) is 0 Å². The number of hydrogen-bond donors (Lipinski definition) is 1. The van der Waals surface area contributed by atoms with Crippen LogP contribution in [-0.2, 0) is 26.5 Å². The van der Waals surface area contributed by atoms with Crippen molar-refractivity contribution in [2.45, 2.75) is 12.8 Å². The molecule has 0 amide bonds. The number of carbonyl (C=O) groups is 1. The monoisotopic (exact) mass is 228 g/mol. The second-order valence-electron chi connectivity index (χ2n) is 0.997. The first kappa shape index (κ1) is 29.2. The van der Waals surface area contributed by atoms with Crippen molar-refractivity contribution >= 4 is 5.97 Å². The molecule has 0 aromatic rings. The van der Waals surface area contributed by atoms with E-state index in [2.05, 4.69) is 6.92 Å². The van der Waals surface area contributed by atoms with E-state index >= 15 is 0 Å².